The molecule has 2 rings (SSSR count). The van der Waals surface area contributed by atoms with E-state index in [9.17, 15) is 4.79 Å². The Labute approximate surface area is 185 Å². The molecule has 10 heteroatoms. The molecule has 0 aliphatic heterocycles. The summed E-state index contributed by atoms with van der Waals surface area (Å²) in [7, 11) is 0. The maximum atomic E-state index is 12.5. The van der Waals surface area contributed by atoms with Crippen molar-refractivity contribution in [3.05, 3.63) is 60.4 Å². The van der Waals surface area contributed by atoms with Crippen molar-refractivity contribution >= 4 is 29.1 Å². The third kappa shape index (κ3) is 7.29. The molecule has 1 aromatic heterocycles. The van der Waals surface area contributed by atoms with Gasteiger partial charge in [0.25, 0.3) is 5.88 Å². The molecule has 0 aliphatic rings. The Morgan fingerprint density at radius 2 is 2.16 bits per heavy atom. The fourth-order valence-corrected chi connectivity index (χ4v) is 2.49. The van der Waals surface area contributed by atoms with Crippen molar-refractivity contribution < 1.29 is 19.0 Å². The highest BCUT2D eigenvalue weighted by molar-refractivity contribution is 6.31. The van der Waals surface area contributed by atoms with Crippen LogP contribution >= 0.6 is 11.6 Å². The molecule has 1 aromatic carbocycles. The quantitative estimate of drug-likeness (QED) is 0.500. The van der Waals surface area contributed by atoms with Crippen molar-refractivity contribution in [2.75, 3.05) is 30.5 Å². The van der Waals surface area contributed by atoms with Crippen LogP contribution in [-0.4, -0.2) is 41.9 Å². The van der Waals surface area contributed by atoms with Gasteiger partial charge in [-0.15, -0.1) is 6.58 Å². The summed E-state index contributed by atoms with van der Waals surface area (Å²) in [5, 5.41) is 14.7. The van der Waals surface area contributed by atoms with Crippen molar-refractivity contribution in [3.8, 4) is 17.7 Å². The van der Waals surface area contributed by atoms with E-state index in [1.807, 2.05) is 13.0 Å². The molecular formula is C21H22ClN5O4. The summed E-state index contributed by atoms with van der Waals surface area (Å²) < 4.78 is 16.5. The molecule has 1 unspecified atom stereocenters. The van der Waals surface area contributed by atoms with Crippen LogP contribution in [0.3, 0.4) is 0 Å². The third-order valence-corrected chi connectivity index (χ3v) is 3.90. The van der Waals surface area contributed by atoms with E-state index < -0.39 is 6.03 Å². The Bertz CT molecular complexity index is 977. The minimum absolute atomic E-state index is 0.00981. The number of carbonyl (C=O) groups excluding carboxylic acids is 1. The summed E-state index contributed by atoms with van der Waals surface area (Å²) in [5.74, 6) is 0.466. The van der Waals surface area contributed by atoms with Gasteiger partial charge in [0, 0.05) is 11.6 Å². The minimum Gasteiger partial charge on any atom is -0.488 e. The second-order valence-corrected chi connectivity index (χ2v) is 6.32. The molecule has 2 aromatic rings. The lowest BCUT2D eigenvalue weighted by molar-refractivity contribution is 0.0592. The molecule has 162 valence electrons. The molecular weight excluding hydrogens is 422 g/mol. The first kappa shape index (κ1) is 23.7. The smallest absolute Gasteiger partial charge is 0.325 e. The highest BCUT2D eigenvalue weighted by Crippen LogP contribution is 2.28. The first-order valence-electron chi connectivity index (χ1n) is 9.26. The van der Waals surface area contributed by atoms with Crippen LogP contribution in [0.4, 0.5) is 16.3 Å². The second-order valence-electron chi connectivity index (χ2n) is 5.88. The number of ether oxygens (including phenoxy) is 3. The fourth-order valence-electron chi connectivity index (χ4n) is 2.31. The number of carbonyl (C=O) groups is 1. The zero-order valence-corrected chi connectivity index (χ0v) is 17.7. The van der Waals surface area contributed by atoms with Crippen LogP contribution < -0.4 is 20.1 Å². The number of nitrogens with zero attached hydrogens (tertiary/aromatic N) is 3. The van der Waals surface area contributed by atoms with E-state index in [1.165, 1.54) is 12.3 Å². The topological polar surface area (TPSA) is 118 Å². The molecule has 0 aliphatic carbocycles. The Kier molecular flexibility index (Phi) is 9.29. The Balaban J connectivity index is 2.11. The standard InChI is InChI=1S/C21H22ClN5O4/c1-4-9-30-20-17(11-23)24-12-19(26-20)27-21(28)25-16-10-14(22)7-8-18(16)31-13-15(5-2)29-6-3/h4-5,7-8,10,12,15H,1-2,6,9,13H2,3H3,(H2,25,26,27,28). The Hall–Kier alpha value is -3.61. The second kappa shape index (κ2) is 12.2. The van der Waals surface area contributed by atoms with E-state index in [-0.39, 0.29) is 36.7 Å². The molecule has 1 heterocycles. The van der Waals surface area contributed by atoms with Crippen molar-refractivity contribution in [1.82, 2.24) is 9.97 Å². The monoisotopic (exact) mass is 443 g/mol. The summed E-state index contributed by atoms with van der Waals surface area (Å²) in [6, 6.07) is 6.06. The van der Waals surface area contributed by atoms with Crippen molar-refractivity contribution in [1.29, 1.82) is 5.26 Å². The molecule has 0 saturated carbocycles. The van der Waals surface area contributed by atoms with E-state index in [4.69, 9.17) is 31.1 Å². The summed E-state index contributed by atoms with van der Waals surface area (Å²) in [5.41, 5.74) is 0.332. The van der Waals surface area contributed by atoms with Gasteiger partial charge in [0.2, 0.25) is 5.69 Å². The lowest BCUT2D eigenvalue weighted by Crippen LogP contribution is -2.22. The van der Waals surface area contributed by atoms with Gasteiger partial charge in [-0.05, 0) is 25.1 Å². The fraction of sp³-hybridized carbons (Fsp3) is 0.238. The highest BCUT2D eigenvalue weighted by atomic mass is 35.5. The number of benzene rings is 1. The van der Waals surface area contributed by atoms with Crippen molar-refractivity contribution in [2.45, 2.75) is 13.0 Å². The van der Waals surface area contributed by atoms with Gasteiger partial charge < -0.3 is 19.5 Å². The van der Waals surface area contributed by atoms with Crippen molar-refractivity contribution in [2.24, 2.45) is 0 Å². The molecule has 0 saturated heterocycles. The maximum absolute atomic E-state index is 12.5. The van der Waals surface area contributed by atoms with Gasteiger partial charge in [0.05, 0.1) is 11.9 Å². The van der Waals surface area contributed by atoms with Crippen LogP contribution in [0.5, 0.6) is 11.6 Å². The number of nitriles is 1. The molecule has 2 N–H and O–H groups in total. The Morgan fingerprint density at radius 1 is 1.35 bits per heavy atom. The van der Waals surface area contributed by atoms with Crippen LogP contribution in [-0.2, 0) is 4.74 Å². The number of anilines is 2. The zero-order chi connectivity index (χ0) is 22.6. The van der Waals surface area contributed by atoms with Crippen LogP contribution in [0.2, 0.25) is 5.02 Å². The van der Waals surface area contributed by atoms with Gasteiger partial charge >= 0.3 is 6.03 Å². The average molecular weight is 444 g/mol. The van der Waals surface area contributed by atoms with Gasteiger partial charge in [-0.25, -0.2) is 9.78 Å². The van der Waals surface area contributed by atoms with E-state index in [2.05, 4.69) is 33.8 Å². The number of nitrogens with one attached hydrogen (secondary N) is 2. The molecule has 31 heavy (non-hydrogen) atoms. The van der Waals surface area contributed by atoms with Crippen LogP contribution in [0.1, 0.15) is 12.6 Å². The van der Waals surface area contributed by atoms with Gasteiger partial charge in [-0.2, -0.15) is 10.2 Å². The number of hydrogen-bond acceptors (Lipinski definition) is 7. The first-order valence-corrected chi connectivity index (χ1v) is 9.63. The maximum Gasteiger partial charge on any atom is 0.325 e. The van der Waals surface area contributed by atoms with Crippen LogP contribution in [0.25, 0.3) is 0 Å². The lowest BCUT2D eigenvalue weighted by atomic mass is 10.3. The molecule has 9 nitrogen and oxygen atoms in total. The van der Waals surface area contributed by atoms with Crippen LogP contribution in [0.15, 0.2) is 49.7 Å². The summed E-state index contributed by atoms with van der Waals surface area (Å²) in [6.45, 7) is 9.97. The normalized spacial score (nSPS) is 11.0. The predicted molar refractivity (Wildman–Crippen MR) is 118 cm³/mol. The van der Waals surface area contributed by atoms with E-state index >= 15 is 0 Å². The third-order valence-electron chi connectivity index (χ3n) is 3.66. The van der Waals surface area contributed by atoms with E-state index in [0.717, 1.165) is 0 Å². The molecule has 0 radical (unpaired) electrons. The molecule has 2 amide bonds. The van der Waals surface area contributed by atoms with E-state index in [0.29, 0.717) is 23.1 Å². The molecule has 0 fully saturated rings. The van der Waals surface area contributed by atoms with Crippen molar-refractivity contribution in [3.63, 3.8) is 0 Å². The SMILES string of the molecule is C=CCOc1nc(NC(=O)Nc2cc(Cl)ccc2OCC(C=C)OCC)cnc1C#N. The summed E-state index contributed by atoms with van der Waals surface area (Å²) >= 11 is 6.06. The minimum atomic E-state index is -0.620. The van der Waals surface area contributed by atoms with Gasteiger partial charge in [-0.3, -0.25) is 5.32 Å². The molecule has 0 bridgehead atoms. The average Bonchev–Trinajstić information content (AvgIpc) is 2.76. The number of hydrogen-bond donors (Lipinski definition) is 2. The number of amides is 2. The predicted octanol–water partition coefficient (Wildman–Crippen LogP) is 4.18. The summed E-state index contributed by atoms with van der Waals surface area (Å²) in [4.78, 5) is 20.5. The zero-order valence-electron chi connectivity index (χ0n) is 16.9. The molecule has 1 atom stereocenters. The van der Waals surface area contributed by atoms with Gasteiger partial charge in [0.15, 0.2) is 5.82 Å². The lowest BCUT2D eigenvalue weighted by Gasteiger charge is -2.17. The Morgan fingerprint density at radius 3 is 2.84 bits per heavy atom. The number of halogens is 1. The largest absolute Gasteiger partial charge is 0.488 e. The molecule has 0 spiro atoms. The summed E-state index contributed by atoms with van der Waals surface area (Å²) in [6.07, 6.45) is 4.07. The number of urea groups is 1. The number of rotatable bonds is 11. The van der Waals surface area contributed by atoms with Gasteiger partial charge in [0.1, 0.15) is 31.1 Å². The van der Waals surface area contributed by atoms with E-state index in [1.54, 1.807) is 24.3 Å². The first-order chi connectivity index (χ1) is 15.0. The van der Waals surface area contributed by atoms with Crippen LogP contribution in [0, 0.1) is 11.3 Å². The van der Waals surface area contributed by atoms with Gasteiger partial charge in [-0.1, -0.05) is 30.3 Å². The highest BCUT2D eigenvalue weighted by Gasteiger charge is 2.14. The number of aromatic nitrogens is 2.